The number of aliphatic hydroxyl groups excluding tert-OH is 1. The molecule has 0 saturated carbocycles. The van der Waals surface area contributed by atoms with Crippen LogP contribution in [0.5, 0.6) is 0 Å². The molecule has 2 aliphatic heterocycles. The molecule has 3 heterocycles. The summed E-state index contributed by atoms with van der Waals surface area (Å²) in [6, 6.07) is -0.382. The Kier molecular flexibility index (Phi) is 6.93. The second-order valence-corrected chi connectivity index (χ2v) is 7.92. The van der Waals surface area contributed by atoms with Crippen molar-refractivity contribution in [1.82, 2.24) is 9.88 Å². The number of primary amides is 1. The largest absolute Gasteiger partial charge is 1.00 e. The number of aliphatic hydroxyl groups is 1. The summed E-state index contributed by atoms with van der Waals surface area (Å²) in [6.45, 7) is 3.34. The van der Waals surface area contributed by atoms with Gasteiger partial charge in [0.1, 0.15) is 0 Å². The molecule has 8 nitrogen and oxygen atoms in total. The van der Waals surface area contributed by atoms with Gasteiger partial charge in [0.2, 0.25) is 5.91 Å². The average molecular weight is 417 g/mol. The van der Waals surface area contributed by atoms with Gasteiger partial charge in [-0.1, -0.05) is 18.7 Å². The van der Waals surface area contributed by atoms with Crippen molar-refractivity contribution in [2.75, 3.05) is 0 Å². The molecule has 2 amide bonds. The van der Waals surface area contributed by atoms with Crippen LogP contribution in [0.1, 0.15) is 29.3 Å². The van der Waals surface area contributed by atoms with Gasteiger partial charge in [-0.25, -0.2) is 4.98 Å². The van der Waals surface area contributed by atoms with E-state index in [1.165, 1.54) is 11.8 Å². The first kappa shape index (κ1) is 22.1. The zero-order chi connectivity index (χ0) is 19.2. The van der Waals surface area contributed by atoms with E-state index in [0.717, 1.165) is 23.1 Å². The van der Waals surface area contributed by atoms with Crippen molar-refractivity contribution in [3.63, 3.8) is 0 Å². The molecule has 1 saturated heterocycles. The van der Waals surface area contributed by atoms with Crippen LogP contribution in [-0.2, 0) is 9.59 Å². The number of fused-ring (bicyclic) bond motifs is 1. The number of nitrogens with two attached hydrogens (primary N) is 1. The fourth-order valence-electron chi connectivity index (χ4n) is 3.32. The monoisotopic (exact) mass is 417 g/mol. The van der Waals surface area contributed by atoms with Crippen molar-refractivity contribution >= 4 is 47.0 Å². The van der Waals surface area contributed by atoms with Crippen LogP contribution in [0.15, 0.2) is 21.4 Å². The number of thiazole rings is 1. The number of carbonyl (C=O) groups is 3. The first-order valence-electron chi connectivity index (χ1n) is 7.79. The number of aliphatic carboxylic acids is 1. The molecule has 2 aliphatic rings. The number of aromatic nitrogens is 1. The van der Waals surface area contributed by atoms with E-state index in [9.17, 15) is 24.6 Å². The summed E-state index contributed by atoms with van der Waals surface area (Å²) in [5, 5.41) is 24.8. The molecule has 3 rings (SSSR count). The minimum Gasteiger partial charge on any atom is -0.543 e. The second kappa shape index (κ2) is 8.46. The van der Waals surface area contributed by atoms with Gasteiger partial charge in [0.05, 0.1) is 35.4 Å². The molecule has 1 aromatic rings. The number of amides is 2. The van der Waals surface area contributed by atoms with E-state index in [1.54, 1.807) is 16.9 Å². The van der Waals surface area contributed by atoms with Crippen molar-refractivity contribution in [2.45, 2.75) is 26.0 Å². The predicted octanol–water partition coefficient (Wildman–Crippen LogP) is -3.23. The number of carboxylic acid groups (broad SMARTS) is 1. The molecule has 0 unspecified atom stereocenters. The van der Waals surface area contributed by atoms with Gasteiger partial charge in [0.25, 0.3) is 5.91 Å². The van der Waals surface area contributed by atoms with E-state index in [0.29, 0.717) is 10.6 Å². The molecule has 1 aromatic heterocycles. The molecule has 1 fully saturated rings. The maximum Gasteiger partial charge on any atom is 1.00 e. The van der Waals surface area contributed by atoms with Crippen molar-refractivity contribution in [3.05, 3.63) is 32.1 Å². The maximum atomic E-state index is 12.2. The van der Waals surface area contributed by atoms with Crippen molar-refractivity contribution < 1.29 is 54.2 Å². The Labute approximate surface area is 185 Å². The van der Waals surface area contributed by atoms with Gasteiger partial charge in [-0.05, 0) is 18.4 Å². The zero-order valence-corrected chi connectivity index (χ0v) is 18.5. The molecule has 138 valence electrons. The van der Waals surface area contributed by atoms with Crippen LogP contribution in [0.3, 0.4) is 0 Å². The van der Waals surface area contributed by atoms with Gasteiger partial charge in [-0.2, -0.15) is 0 Å². The topological polar surface area (TPSA) is 137 Å². The van der Waals surface area contributed by atoms with Crippen LogP contribution in [-0.4, -0.2) is 44.9 Å². The Hall–Kier alpha value is -1.17. The third-order valence-electron chi connectivity index (χ3n) is 4.47. The van der Waals surface area contributed by atoms with Gasteiger partial charge in [-0.15, -0.1) is 11.3 Å². The number of nitrogens with zero attached hydrogens (tertiary/aromatic N) is 2. The van der Waals surface area contributed by atoms with Gasteiger partial charge >= 0.3 is 29.6 Å². The quantitative estimate of drug-likeness (QED) is 0.367. The summed E-state index contributed by atoms with van der Waals surface area (Å²) in [5.41, 5.74) is 5.54. The standard InChI is InChI=1S/C16H17N3O5S2.Na/c1-6-10-9(7(2)20)15(22)19(10)11(16(23)24)12(6)25-4-3-8-5-26-14(18-8)13(17)21;/h3-7,9-10,20H,1-2H3,(H2,17,21)(H,23,24);/q;+1/p-1/b4-3-;/t6-,7-,9-,10-;/m1./s1. The van der Waals surface area contributed by atoms with E-state index < -0.39 is 29.8 Å². The average Bonchev–Trinajstić information content (AvgIpc) is 3.10. The van der Waals surface area contributed by atoms with Gasteiger partial charge in [0, 0.05) is 16.2 Å². The number of rotatable bonds is 6. The Balaban J connectivity index is 0.00000261. The van der Waals surface area contributed by atoms with Crippen LogP contribution < -0.4 is 40.4 Å². The summed E-state index contributed by atoms with van der Waals surface area (Å²) in [5.74, 6) is -3.29. The van der Waals surface area contributed by atoms with Gasteiger partial charge in [0.15, 0.2) is 5.01 Å². The molecule has 27 heavy (non-hydrogen) atoms. The number of carboxylic acids is 1. The molecule has 11 heteroatoms. The molecule has 0 spiro atoms. The van der Waals surface area contributed by atoms with E-state index in [-0.39, 0.29) is 52.2 Å². The third kappa shape index (κ3) is 3.87. The Morgan fingerprint density at radius 3 is 2.70 bits per heavy atom. The van der Waals surface area contributed by atoms with Crippen molar-refractivity contribution in [3.8, 4) is 0 Å². The molecule has 0 aromatic carbocycles. The van der Waals surface area contributed by atoms with Crippen molar-refractivity contribution in [2.24, 2.45) is 17.6 Å². The van der Waals surface area contributed by atoms with Crippen LogP contribution in [0.25, 0.3) is 6.08 Å². The smallest absolute Gasteiger partial charge is 0.543 e. The van der Waals surface area contributed by atoms with Gasteiger partial charge < -0.3 is 25.6 Å². The number of thioether (sulfide) groups is 1. The molecule has 0 bridgehead atoms. The van der Waals surface area contributed by atoms with Crippen LogP contribution in [0.2, 0.25) is 0 Å². The maximum absolute atomic E-state index is 12.2. The zero-order valence-electron chi connectivity index (χ0n) is 14.9. The number of hydrogen-bond acceptors (Lipinski definition) is 8. The Bertz CT molecular complexity index is 851. The summed E-state index contributed by atoms with van der Waals surface area (Å²) in [4.78, 5) is 40.6. The molecular weight excluding hydrogens is 401 g/mol. The van der Waals surface area contributed by atoms with Crippen LogP contribution in [0, 0.1) is 11.8 Å². The van der Waals surface area contributed by atoms with Gasteiger partial charge in [-0.3, -0.25) is 9.59 Å². The van der Waals surface area contributed by atoms with E-state index in [2.05, 4.69) is 4.98 Å². The summed E-state index contributed by atoms with van der Waals surface area (Å²) in [6.07, 6.45) is 0.778. The SMILES string of the molecule is C[C@@H](O)[C@H]1C(=O)N2C(C(=O)[O-])=C(S/C=C\c3csc(C(N)=O)n3)[C@H](C)[C@H]12.[Na+]. The Morgan fingerprint density at radius 1 is 1.52 bits per heavy atom. The summed E-state index contributed by atoms with van der Waals surface area (Å²) < 4.78 is 0. The number of carbonyl (C=O) groups excluding carboxylic acids is 3. The van der Waals surface area contributed by atoms with Crippen molar-refractivity contribution in [1.29, 1.82) is 0 Å². The third-order valence-corrected chi connectivity index (χ3v) is 6.43. The molecule has 0 radical (unpaired) electrons. The summed E-state index contributed by atoms with van der Waals surface area (Å²) >= 11 is 2.27. The summed E-state index contributed by atoms with van der Waals surface area (Å²) in [7, 11) is 0. The molecule has 4 atom stereocenters. The number of β-lactam (4-membered cyclic amide) rings is 1. The first-order valence-corrected chi connectivity index (χ1v) is 9.55. The first-order chi connectivity index (χ1) is 12.2. The second-order valence-electron chi connectivity index (χ2n) is 6.12. The molecule has 3 N–H and O–H groups in total. The predicted molar refractivity (Wildman–Crippen MR) is 94.3 cm³/mol. The molecular formula is C16H16N3NaO5S2. The van der Waals surface area contributed by atoms with E-state index in [4.69, 9.17) is 5.73 Å². The molecule has 0 aliphatic carbocycles. The normalized spacial score (nSPS) is 25.2. The number of hydrogen-bond donors (Lipinski definition) is 2. The van der Waals surface area contributed by atoms with E-state index >= 15 is 0 Å². The Morgan fingerprint density at radius 2 is 2.19 bits per heavy atom. The minimum absolute atomic E-state index is 0. The van der Waals surface area contributed by atoms with Crippen LogP contribution in [0.4, 0.5) is 0 Å². The fourth-order valence-corrected chi connectivity index (χ4v) is 4.96. The fraction of sp³-hybridized carbons (Fsp3) is 0.375. The van der Waals surface area contributed by atoms with Crippen LogP contribution >= 0.6 is 23.1 Å². The van der Waals surface area contributed by atoms with E-state index in [1.807, 2.05) is 6.92 Å². The minimum atomic E-state index is -1.42.